The van der Waals surface area contributed by atoms with Crippen LogP contribution in [0.2, 0.25) is 0 Å². The maximum Gasteiger partial charge on any atom is 0.251 e. The molecule has 0 aliphatic carbocycles. The maximum absolute atomic E-state index is 12.9. The first-order valence-electron chi connectivity index (χ1n) is 8.58. The molecule has 142 valence electrons. The maximum atomic E-state index is 12.9. The van der Waals surface area contributed by atoms with Crippen LogP contribution >= 0.6 is 0 Å². The quantitative estimate of drug-likeness (QED) is 0.681. The van der Waals surface area contributed by atoms with Crippen LogP contribution in [0.4, 0.5) is 4.39 Å². The molecule has 0 atom stereocenters. The Hall–Kier alpha value is -2.51. The summed E-state index contributed by atoms with van der Waals surface area (Å²) in [5.74, 6) is -0.648. The molecule has 0 fully saturated rings. The van der Waals surface area contributed by atoms with Crippen molar-refractivity contribution >= 4 is 20.9 Å². The van der Waals surface area contributed by atoms with E-state index in [1.807, 2.05) is 32.0 Å². The van der Waals surface area contributed by atoms with E-state index in [-0.39, 0.29) is 24.3 Å². The van der Waals surface area contributed by atoms with Crippen LogP contribution in [0.25, 0.3) is 10.9 Å². The Morgan fingerprint density at radius 3 is 2.48 bits per heavy atom. The fraction of sp³-hybridized carbons (Fsp3) is 0.250. The molecule has 0 unspecified atom stereocenters. The third-order valence-corrected chi connectivity index (χ3v) is 5.71. The van der Waals surface area contributed by atoms with E-state index < -0.39 is 15.8 Å². The number of rotatable bonds is 6. The first-order valence-corrected chi connectivity index (χ1v) is 10.2. The van der Waals surface area contributed by atoms with Gasteiger partial charge < -0.3 is 4.98 Å². The number of sulfonamides is 1. The van der Waals surface area contributed by atoms with Crippen LogP contribution in [0.1, 0.15) is 22.3 Å². The number of halogens is 1. The van der Waals surface area contributed by atoms with Gasteiger partial charge in [0.05, 0.1) is 11.3 Å². The van der Waals surface area contributed by atoms with Crippen molar-refractivity contribution in [3.05, 3.63) is 80.9 Å². The van der Waals surface area contributed by atoms with Crippen molar-refractivity contribution in [3.8, 4) is 0 Å². The average molecular weight is 388 g/mol. The van der Waals surface area contributed by atoms with Crippen molar-refractivity contribution in [2.75, 3.05) is 6.54 Å². The lowest BCUT2D eigenvalue weighted by Gasteiger charge is -2.09. The van der Waals surface area contributed by atoms with Crippen LogP contribution in [0.15, 0.2) is 47.3 Å². The van der Waals surface area contributed by atoms with Crippen molar-refractivity contribution < 1.29 is 12.8 Å². The Kier molecular flexibility index (Phi) is 5.43. The van der Waals surface area contributed by atoms with Gasteiger partial charge in [0.1, 0.15) is 5.82 Å². The third-order valence-electron chi connectivity index (χ3n) is 4.36. The molecule has 0 amide bonds. The van der Waals surface area contributed by atoms with Crippen molar-refractivity contribution in [1.82, 2.24) is 9.71 Å². The van der Waals surface area contributed by atoms with Gasteiger partial charge in [0, 0.05) is 12.1 Å². The molecule has 0 saturated carbocycles. The molecule has 0 aliphatic heterocycles. The number of aromatic nitrogens is 1. The predicted octanol–water partition coefficient (Wildman–Crippen LogP) is 2.95. The van der Waals surface area contributed by atoms with E-state index in [0.29, 0.717) is 11.1 Å². The number of nitrogens with one attached hydrogen (secondary N) is 2. The van der Waals surface area contributed by atoms with Gasteiger partial charge in [-0.2, -0.15) is 0 Å². The van der Waals surface area contributed by atoms with Gasteiger partial charge in [0.25, 0.3) is 5.56 Å². The van der Waals surface area contributed by atoms with E-state index in [9.17, 15) is 17.6 Å². The Labute approximate surface area is 157 Å². The summed E-state index contributed by atoms with van der Waals surface area (Å²) in [4.78, 5) is 15.2. The standard InChI is InChI=1S/C20H21FN2O3S/c1-13-9-14(2)19-17(10-13)11-16(20(24)23-19)7-8-22-27(25,26)12-15-3-5-18(21)6-4-15/h3-6,9-11,22H,7-8,12H2,1-2H3,(H,23,24). The van der Waals surface area contributed by atoms with Crippen LogP contribution in [0, 0.1) is 19.7 Å². The lowest BCUT2D eigenvalue weighted by atomic mass is 10.0. The number of aromatic amines is 1. The number of aryl methyl sites for hydroxylation is 2. The smallest absolute Gasteiger partial charge is 0.251 e. The molecule has 5 nitrogen and oxygen atoms in total. The lowest BCUT2D eigenvalue weighted by Crippen LogP contribution is -2.28. The molecule has 0 saturated heterocycles. The van der Waals surface area contributed by atoms with Crippen LogP contribution in [0.5, 0.6) is 0 Å². The number of hydrogen-bond acceptors (Lipinski definition) is 3. The molecule has 0 radical (unpaired) electrons. The fourth-order valence-electron chi connectivity index (χ4n) is 3.11. The second-order valence-corrected chi connectivity index (χ2v) is 8.51. The Balaban J connectivity index is 1.70. The van der Waals surface area contributed by atoms with E-state index in [0.717, 1.165) is 22.0 Å². The van der Waals surface area contributed by atoms with Gasteiger partial charge in [0.15, 0.2) is 0 Å². The molecule has 2 N–H and O–H groups in total. The molecular weight excluding hydrogens is 367 g/mol. The minimum Gasteiger partial charge on any atom is -0.321 e. The molecule has 0 aliphatic rings. The van der Waals surface area contributed by atoms with Crippen molar-refractivity contribution in [1.29, 1.82) is 0 Å². The molecular formula is C20H21FN2O3S. The zero-order valence-electron chi connectivity index (χ0n) is 15.2. The summed E-state index contributed by atoms with van der Waals surface area (Å²) in [6.07, 6.45) is 0.279. The summed E-state index contributed by atoms with van der Waals surface area (Å²) in [6.45, 7) is 4.04. The monoisotopic (exact) mass is 388 g/mol. The fourth-order valence-corrected chi connectivity index (χ4v) is 4.26. The third kappa shape index (κ3) is 4.81. The topological polar surface area (TPSA) is 79.0 Å². The predicted molar refractivity (Wildman–Crippen MR) is 105 cm³/mol. The van der Waals surface area contributed by atoms with Gasteiger partial charge >= 0.3 is 0 Å². The van der Waals surface area contributed by atoms with E-state index in [4.69, 9.17) is 0 Å². The van der Waals surface area contributed by atoms with Crippen LogP contribution < -0.4 is 10.3 Å². The van der Waals surface area contributed by atoms with E-state index >= 15 is 0 Å². The van der Waals surface area contributed by atoms with Crippen LogP contribution in [-0.4, -0.2) is 19.9 Å². The summed E-state index contributed by atoms with van der Waals surface area (Å²) in [5, 5.41) is 0.927. The van der Waals surface area contributed by atoms with E-state index in [1.165, 1.54) is 24.3 Å². The molecule has 0 bridgehead atoms. The summed E-state index contributed by atoms with van der Waals surface area (Å²) in [7, 11) is -3.57. The SMILES string of the molecule is Cc1cc(C)c2[nH]c(=O)c(CCNS(=O)(=O)Cc3ccc(F)cc3)cc2c1. The molecule has 2 aromatic carbocycles. The summed E-state index contributed by atoms with van der Waals surface area (Å²) >= 11 is 0. The van der Waals surface area contributed by atoms with E-state index in [1.54, 1.807) is 0 Å². The first kappa shape index (κ1) is 19.3. The number of hydrogen-bond donors (Lipinski definition) is 2. The molecule has 1 aromatic heterocycles. The highest BCUT2D eigenvalue weighted by Crippen LogP contribution is 2.18. The van der Waals surface area contributed by atoms with Gasteiger partial charge in [0.2, 0.25) is 10.0 Å². The van der Waals surface area contributed by atoms with Crippen LogP contribution in [-0.2, 0) is 22.2 Å². The minimum absolute atomic E-state index is 0.114. The summed E-state index contributed by atoms with van der Waals surface area (Å²) < 4.78 is 39.7. The van der Waals surface area contributed by atoms with Crippen LogP contribution in [0.3, 0.4) is 0 Å². The second-order valence-electron chi connectivity index (χ2n) is 6.70. The van der Waals surface area contributed by atoms with Gasteiger partial charge in [-0.1, -0.05) is 23.8 Å². The largest absolute Gasteiger partial charge is 0.321 e. The molecule has 3 rings (SSSR count). The number of fused-ring (bicyclic) bond motifs is 1. The molecule has 1 heterocycles. The number of H-pyrrole nitrogens is 1. The highest BCUT2D eigenvalue weighted by Gasteiger charge is 2.12. The van der Waals surface area contributed by atoms with Gasteiger partial charge in [-0.3, -0.25) is 4.79 Å². The Morgan fingerprint density at radius 2 is 1.78 bits per heavy atom. The minimum atomic E-state index is -3.57. The lowest BCUT2D eigenvalue weighted by molar-refractivity contribution is 0.580. The average Bonchev–Trinajstić information content (AvgIpc) is 2.58. The van der Waals surface area contributed by atoms with Gasteiger partial charge in [-0.05, 0) is 61.0 Å². The molecule has 27 heavy (non-hydrogen) atoms. The first-order chi connectivity index (χ1) is 12.7. The number of pyridine rings is 1. The Bertz CT molecular complexity index is 1140. The highest BCUT2D eigenvalue weighted by molar-refractivity contribution is 7.88. The summed E-state index contributed by atoms with van der Waals surface area (Å²) in [5.41, 5.74) is 3.69. The number of benzene rings is 2. The van der Waals surface area contributed by atoms with Crippen molar-refractivity contribution in [2.24, 2.45) is 0 Å². The van der Waals surface area contributed by atoms with Crippen molar-refractivity contribution in [3.63, 3.8) is 0 Å². The Morgan fingerprint density at radius 1 is 1.07 bits per heavy atom. The molecule has 0 spiro atoms. The zero-order chi connectivity index (χ0) is 19.6. The van der Waals surface area contributed by atoms with Gasteiger partial charge in [-0.15, -0.1) is 0 Å². The normalized spacial score (nSPS) is 11.8. The summed E-state index contributed by atoms with van der Waals surface area (Å²) in [6, 6.07) is 11.1. The van der Waals surface area contributed by atoms with Gasteiger partial charge in [-0.25, -0.2) is 17.5 Å². The van der Waals surface area contributed by atoms with Crippen molar-refractivity contribution in [2.45, 2.75) is 26.0 Å². The zero-order valence-corrected chi connectivity index (χ0v) is 16.0. The molecule has 7 heteroatoms. The van der Waals surface area contributed by atoms with E-state index in [2.05, 4.69) is 9.71 Å². The highest BCUT2D eigenvalue weighted by atomic mass is 32.2. The second kappa shape index (κ2) is 7.62. The molecule has 3 aromatic rings.